The molecular weight excluding hydrogens is 320 g/mol. The van der Waals surface area contributed by atoms with Crippen LogP contribution in [0.25, 0.3) is 22.8 Å². The molecule has 0 unspecified atom stereocenters. The molecule has 0 saturated heterocycles. The SMILES string of the molecule is [Ca+2].c1ccc(-c2nnn[n-]2)cc1.c1ccc(-c2nnn[n-]2)cc1. The zero-order chi connectivity index (χ0) is 15.0. The zero-order valence-electron chi connectivity index (χ0n) is 12.1. The Bertz CT molecular complexity index is 703. The van der Waals surface area contributed by atoms with Crippen LogP contribution in [0.3, 0.4) is 0 Å². The molecule has 2 aromatic heterocycles. The molecule has 9 heteroatoms. The molecule has 0 saturated carbocycles. The van der Waals surface area contributed by atoms with Crippen LogP contribution in [-0.2, 0) is 0 Å². The van der Waals surface area contributed by atoms with Crippen molar-refractivity contribution in [3.8, 4) is 22.8 Å². The number of tetrazole rings is 2. The van der Waals surface area contributed by atoms with E-state index in [1.165, 1.54) is 0 Å². The van der Waals surface area contributed by atoms with Gasteiger partial charge in [-0.25, -0.2) is 0 Å². The summed E-state index contributed by atoms with van der Waals surface area (Å²) < 4.78 is 0. The van der Waals surface area contributed by atoms with Crippen molar-refractivity contribution in [2.24, 2.45) is 0 Å². The van der Waals surface area contributed by atoms with Crippen molar-refractivity contribution in [2.45, 2.75) is 0 Å². The van der Waals surface area contributed by atoms with Crippen molar-refractivity contribution in [3.05, 3.63) is 60.7 Å². The molecule has 2 aromatic carbocycles. The fourth-order valence-electron chi connectivity index (χ4n) is 1.69. The first kappa shape index (κ1) is 17.2. The summed E-state index contributed by atoms with van der Waals surface area (Å²) in [5, 5.41) is 28.4. The first-order valence-corrected chi connectivity index (χ1v) is 6.42. The van der Waals surface area contributed by atoms with E-state index in [4.69, 9.17) is 0 Å². The third-order valence-corrected chi connectivity index (χ3v) is 2.70. The Kier molecular flexibility index (Phi) is 6.79. The molecule has 0 spiro atoms. The molecule has 108 valence electrons. The van der Waals surface area contributed by atoms with Crippen molar-refractivity contribution in [1.29, 1.82) is 0 Å². The van der Waals surface area contributed by atoms with Gasteiger partial charge in [-0.2, -0.15) is 10.4 Å². The summed E-state index contributed by atoms with van der Waals surface area (Å²) in [4.78, 5) is 0. The second-order valence-electron chi connectivity index (χ2n) is 4.14. The number of nitrogens with zero attached hydrogens (tertiary/aromatic N) is 8. The first-order chi connectivity index (χ1) is 10.9. The first-order valence-electron chi connectivity index (χ1n) is 6.42. The average molecular weight is 330 g/mol. The molecule has 0 atom stereocenters. The number of aromatic nitrogens is 8. The van der Waals surface area contributed by atoms with Crippen LogP contribution >= 0.6 is 0 Å². The van der Waals surface area contributed by atoms with Gasteiger partial charge in [-0.05, 0) is 11.1 Å². The number of hydrogen-bond donors (Lipinski definition) is 0. The van der Waals surface area contributed by atoms with Crippen LogP contribution in [0.15, 0.2) is 60.7 Å². The van der Waals surface area contributed by atoms with E-state index in [1.807, 2.05) is 60.7 Å². The molecule has 23 heavy (non-hydrogen) atoms. The number of hydrogen-bond acceptors (Lipinski definition) is 6. The van der Waals surface area contributed by atoms with Crippen LogP contribution in [0, 0.1) is 0 Å². The molecular formula is C14H10CaN8. The molecule has 0 bridgehead atoms. The molecule has 0 aliphatic heterocycles. The Morgan fingerprint density at radius 2 is 0.957 bits per heavy atom. The summed E-state index contributed by atoms with van der Waals surface area (Å²) in [7, 11) is 0. The Hall–Kier alpha value is -2.16. The largest absolute Gasteiger partial charge is 2.00 e. The molecule has 0 fully saturated rings. The third-order valence-electron chi connectivity index (χ3n) is 2.70. The van der Waals surface area contributed by atoms with E-state index < -0.39 is 0 Å². The van der Waals surface area contributed by atoms with E-state index in [9.17, 15) is 0 Å². The van der Waals surface area contributed by atoms with Gasteiger partial charge >= 0.3 is 37.7 Å². The second-order valence-corrected chi connectivity index (χ2v) is 4.14. The van der Waals surface area contributed by atoms with Crippen molar-refractivity contribution in [3.63, 3.8) is 0 Å². The predicted molar refractivity (Wildman–Crippen MR) is 82.9 cm³/mol. The Labute approximate surface area is 161 Å². The summed E-state index contributed by atoms with van der Waals surface area (Å²) in [6, 6.07) is 19.2. The standard InChI is InChI=1S/2C7H5N4.Ca/c2*1-2-4-6(5-3-1)7-8-10-11-9-7;/h2*1-5H;/q2*-1;+2. The topological polar surface area (TPSA) is 106 Å². The molecule has 0 amide bonds. The van der Waals surface area contributed by atoms with E-state index in [2.05, 4.69) is 41.2 Å². The van der Waals surface area contributed by atoms with Gasteiger partial charge in [0.25, 0.3) is 0 Å². The van der Waals surface area contributed by atoms with E-state index >= 15 is 0 Å². The molecule has 0 N–H and O–H groups in total. The molecule has 4 aromatic rings. The van der Waals surface area contributed by atoms with Gasteiger partial charge in [-0.1, -0.05) is 60.7 Å². The van der Waals surface area contributed by atoms with Crippen molar-refractivity contribution in [2.75, 3.05) is 0 Å². The van der Waals surface area contributed by atoms with Crippen LogP contribution < -0.4 is 10.2 Å². The molecule has 0 aliphatic carbocycles. The van der Waals surface area contributed by atoms with Gasteiger partial charge in [0.2, 0.25) is 0 Å². The van der Waals surface area contributed by atoms with E-state index in [0.29, 0.717) is 11.6 Å². The van der Waals surface area contributed by atoms with Gasteiger partial charge in [0.15, 0.2) is 0 Å². The van der Waals surface area contributed by atoms with Gasteiger partial charge < -0.3 is 10.2 Å². The summed E-state index contributed by atoms with van der Waals surface area (Å²) in [6.45, 7) is 0. The summed E-state index contributed by atoms with van der Waals surface area (Å²) >= 11 is 0. The summed E-state index contributed by atoms with van der Waals surface area (Å²) in [6.07, 6.45) is 0. The molecule has 2 heterocycles. The monoisotopic (exact) mass is 330 g/mol. The van der Waals surface area contributed by atoms with Crippen LogP contribution in [0.1, 0.15) is 0 Å². The normalized spacial score (nSPS) is 9.39. The minimum atomic E-state index is 0. The Morgan fingerprint density at radius 1 is 0.565 bits per heavy atom. The summed E-state index contributed by atoms with van der Waals surface area (Å²) in [5.41, 5.74) is 1.88. The fraction of sp³-hybridized carbons (Fsp3) is 0. The fourth-order valence-corrected chi connectivity index (χ4v) is 1.69. The van der Waals surface area contributed by atoms with Crippen LogP contribution in [0.4, 0.5) is 0 Å². The van der Waals surface area contributed by atoms with Crippen molar-refractivity contribution in [1.82, 2.24) is 41.2 Å². The van der Waals surface area contributed by atoms with Crippen LogP contribution in [0.5, 0.6) is 0 Å². The minimum Gasteiger partial charge on any atom is -0.330 e. The van der Waals surface area contributed by atoms with Crippen molar-refractivity contribution >= 4 is 37.7 Å². The summed E-state index contributed by atoms with van der Waals surface area (Å²) in [5.74, 6) is 1.15. The number of benzene rings is 2. The maximum absolute atomic E-state index is 3.71. The quantitative estimate of drug-likeness (QED) is 0.492. The van der Waals surface area contributed by atoms with E-state index in [1.54, 1.807) is 0 Å². The number of rotatable bonds is 2. The Balaban J connectivity index is 0.000000160. The van der Waals surface area contributed by atoms with Gasteiger partial charge in [0.1, 0.15) is 0 Å². The Morgan fingerprint density at radius 3 is 1.26 bits per heavy atom. The average Bonchev–Trinajstić information content (AvgIpc) is 3.31. The maximum Gasteiger partial charge on any atom is 2.00 e. The second kappa shape index (κ2) is 9.09. The third kappa shape index (κ3) is 4.92. The molecule has 8 nitrogen and oxygen atoms in total. The zero-order valence-corrected chi connectivity index (χ0v) is 14.3. The van der Waals surface area contributed by atoms with Gasteiger partial charge in [0, 0.05) is 11.6 Å². The van der Waals surface area contributed by atoms with E-state index in [-0.39, 0.29) is 37.7 Å². The van der Waals surface area contributed by atoms with Gasteiger partial charge in [-0.3, -0.25) is 20.6 Å². The molecule has 0 radical (unpaired) electrons. The smallest absolute Gasteiger partial charge is 0.330 e. The van der Waals surface area contributed by atoms with Crippen LogP contribution in [-0.4, -0.2) is 68.8 Å². The molecule has 0 aliphatic rings. The predicted octanol–water partition coefficient (Wildman–Crippen LogP) is 0.611. The maximum atomic E-state index is 3.71. The van der Waals surface area contributed by atoms with Crippen molar-refractivity contribution < 1.29 is 0 Å². The van der Waals surface area contributed by atoms with Gasteiger partial charge in [-0.15, -0.1) is 0 Å². The molecule has 4 rings (SSSR count). The van der Waals surface area contributed by atoms with Crippen LogP contribution in [0.2, 0.25) is 0 Å². The minimum absolute atomic E-state index is 0. The van der Waals surface area contributed by atoms with Gasteiger partial charge in [0.05, 0.1) is 0 Å². The van der Waals surface area contributed by atoms with E-state index in [0.717, 1.165) is 11.1 Å².